The summed E-state index contributed by atoms with van der Waals surface area (Å²) in [5.41, 5.74) is -2.06. The largest absolute Gasteiger partial charge is 0.391 e. The summed E-state index contributed by atoms with van der Waals surface area (Å²) < 4.78 is 38.8. The highest BCUT2D eigenvalue weighted by Crippen LogP contribution is 2.47. The second-order valence-corrected chi connectivity index (χ2v) is 12.0. The highest BCUT2D eigenvalue weighted by molar-refractivity contribution is 6.21. The van der Waals surface area contributed by atoms with Crippen molar-refractivity contribution in [3.05, 3.63) is 0 Å². The molecular weight excluding hydrogens is 521 g/mol. The molecule has 0 heterocycles. The number of fused-ring (bicyclic) bond motifs is 3. The van der Waals surface area contributed by atoms with Crippen LogP contribution in [-0.4, -0.2) is 93.8 Å². The zero-order valence-corrected chi connectivity index (χ0v) is 21.7. The van der Waals surface area contributed by atoms with E-state index in [2.05, 4.69) is 10.6 Å². The van der Waals surface area contributed by atoms with Crippen LogP contribution in [0.5, 0.6) is 0 Å². The number of hydrogen-bond acceptors (Lipinski definition) is 6. The van der Waals surface area contributed by atoms with Gasteiger partial charge < -0.3 is 30.3 Å². The molecule has 10 atom stereocenters. The number of carbonyl (C=O) groups excluding carboxylic acids is 2. The third-order valence-electron chi connectivity index (χ3n) is 8.38. The second-order valence-electron chi connectivity index (χ2n) is 10.9. The van der Waals surface area contributed by atoms with Crippen molar-refractivity contribution in [1.29, 1.82) is 0 Å². The van der Waals surface area contributed by atoms with Gasteiger partial charge in [0, 0.05) is 25.7 Å². The first kappa shape index (κ1) is 28.2. The lowest BCUT2D eigenvalue weighted by atomic mass is 9.58. The number of halogens is 4. The van der Waals surface area contributed by atoms with Crippen LogP contribution in [0.25, 0.3) is 0 Å². The molecule has 5 aliphatic rings. The summed E-state index contributed by atoms with van der Waals surface area (Å²) in [6.07, 6.45) is -1.89. The molecule has 0 spiro atoms. The number of ether oxygens (including phenoxy) is 2. The van der Waals surface area contributed by atoms with Gasteiger partial charge in [0.05, 0.1) is 46.2 Å². The Morgan fingerprint density at radius 1 is 0.778 bits per heavy atom. The normalized spacial score (nSPS) is 44.7. The van der Waals surface area contributed by atoms with Crippen LogP contribution in [0.2, 0.25) is 0 Å². The zero-order valence-electron chi connectivity index (χ0n) is 20.1. The van der Waals surface area contributed by atoms with E-state index in [0.717, 1.165) is 0 Å². The van der Waals surface area contributed by atoms with Crippen molar-refractivity contribution in [3.8, 4) is 0 Å². The molecule has 0 aromatic heterocycles. The van der Waals surface area contributed by atoms with Crippen LogP contribution in [-0.2, 0) is 19.1 Å². The van der Waals surface area contributed by atoms with E-state index in [1.54, 1.807) is 0 Å². The summed E-state index contributed by atoms with van der Waals surface area (Å²) in [6, 6.07) is 0. The van der Waals surface area contributed by atoms with Gasteiger partial charge in [0.15, 0.2) is 0 Å². The van der Waals surface area contributed by atoms with Crippen LogP contribution in [0, 0.1) is 0 Å². The van der Waals surface area contributed by atoms with Crippen LogP contribution < -0.4 is 10.6 Å². The Bertz CT molecular complexity index is 751. The minimum absolute atomic E-state index is 0.0637. The molecule has 4 N–H and O–H groups in total. The third-order valence-corrected chi connectivity index (χ3v) is 9.36. The van der Waals surface area contributed by atoms with E-state index in [-0.39, 0.29) is 38.9 Å². The lowest BCUT2D eigenvalue weighted by Gasteiger charge is -2.58. The van der Waals surface area contributed by atoms with Gasteiger partial charge in [-0.1, -0.05) is 0 Å². The van der Waals surface area contributed by atoms with Crippen LogP contribution in [0.3, 0.4) is 0 Å². The number of carbonyl (C=O) groups is 2. The van der Waals surface area contributed by atoms with Crippen LogP contribution >= 0.6 is 23.2 Å². The van der Waals surface area contributed by atoms with Gasteiger partial charge in [0.1, 0.15) is 25.6 Å². The van der Waals surface area contributed by atoms with E-state index in [4.69, 9.17) is 32.7 Å². The second kappa shape index (κ2) is 11.5. The lowest BCUT2D eigenvalue weighted by Crippen LogP contribution is -2.75. The van der Waals surface area contributed by atoms with Gasteiger partial charge in [-0.2, -0.15) is 0 Å². The summed E-state index contributed by atoms with van der Waals surface area (Å²) in [6.45, 7) is -0.557. The lowest BCUT2D eigenvalue weighted by molar-refractivity contribution is -0.156. The van der Waals surface area contributed by atoms with Crippen molar-refractivity contribution in [2.45, 2.75) is 123 Å². The molecule has 5 rings (SSSR count). The van der Waals surface area contributed by atoms with Crippen molar-refractivity contribution in [3.63, 3.8) is 0 Å². The molecule has 5 saturated carbocycles. The van der Waals surface area contributed by atoms with Gasteiger partial charge in [0.2, 0.25) is 11.8 Å². The smallest absolute Gasteiger partial charge is 0.246 e. The number of amides is 2. The van der Waals surface area contributed by atoms with Crippen molar-refractivity contribution in [2.75, 3.05) is 13.2 Å². The zero-order chi connectivity index (χ0) is 26.1. The highest BCUT2D eigenvalue weighted by atomic mass is 35.5. The number of aliphatic hydroxyl groups is 2. The molecule has 36 heavy (non-hydrogen) atoms. The van der Waals surface area contributed by atoms with Gasteiger partial charge in [-0.05, 0) is 38.5 Å². The molecule has 8 nitrogen and oxygen atoms in total. The van der Waals surface area contributed by atoms with Gasteiger partial charge in [-0.15, -0.1) is 23.2 Å². The number of alkyl halides is 4. The maximum absolute atomic E-state index is 13.8. The standard InChI is InChI=1S/C24H36Cl2F2N2O6/c25-15-3-1-13(7-17(15)27)35-11-21(33)29-23-5-6-24(10-19(23)31,20(32)9-23)30-22(34)12-36-14-2-4-16(26)18(28)8-14/h13-20,31-32H,1-12H2,(H,29,33)(H,30,34)/t13?,14?,15?,16?,17?,18?,19-,20-,23+,24+/m0/s1. The summed E-state index contributed by atoms with van der Waals surface area (Å²) >= 11 is 11.8. The Labute approximate surface area is 219 Å². The first-order valence-corrected chi connectivity index (χ1v) is 13.7. The molecule has 6 unspecified atom stereocenters. The Morgan fingerprint density at radius 2 is 1.17 bits per heavy atom. The number of rotatable bonds is 8. The quantitative estimate of drug-likeness (QED) is 0.340. The summed E-state index contributed by atoms with van der Waals surface area (Å²) in [5, 5.41) is 26.4. The van der Waals surface area contributed by atoms with Crippen LogP contribution in [0.1, 0.15) is 64.2 Å². The van der Waals surface area contributed by atoms with Gasteiger partial charge in [-0.3, -0.25) is 9.59 Å². The van der Waals surface area contributed by atoms with Crippen LogP contribution in [0.4, 0.5) is 8.78 Å². The van der Waals surface area contributed by atoms with Gasteiger partial charge in [-0.25, -0.2) is 8.78 Å². The summed E-state index contributed by atoms with van der Waals surface area (Å²) in [4.78, 5) is 25.2. The predicted molar refractivity (Wildman–Crippen MR) is 128 cm³/mol. The molecule has 0 radical (unpaired) electrons. The summed E-state index contributed by atoms with van der Waals surface area (Å²) in [5.74, 6) is -0.899. The molecule has 0 aromatic rings. The number of hydrogen-bond donors (Lipinski definition) is 4. The van der Waals surface area contributed by atoms with Crippen molar-refractivity contribution < 1.29 is 38.1 Å². The fourth-order valence-corrected chi connectivity index (χ4v) is 6.59. The molecular formula is C24H36Cl2F2N2O6. The van der Waals surface area contributed by atoms with E-state index < -0.39 is 70.4 Å². The topological polar surface area (TPSA) is 117 Å². The summed E-state index contributed by atoms with van der Waals surface area (Å²) in [7, 11) is 0. The molecule has 2 amide bonds. The Balaban J connectivity index is 1.25. The van der Waals surface area contributed by atoms with E-state index in [9.17, 15) is 28.6 Å². The minimum Gasteiger partial charge on any atom is -0.391 e. The number of aliphatic hydroxyl groups excluding tert-OH is 2. The van der Waals surface area contributed by atoms with Crippen molar-refractivity contribution >= 4 is 35.0 Å². The van der Waals surface area contributed by atoms with Crippen molar-refractivity contribution in [2.24, 2.45) is 0 Å². The van der Waals surface area contributed by atoms with Gasteiger partial charge in [0.25, 0.3) is 0 Å². The van der Waals surface area contributed by atoms with E-state index >= 15 is 0 Å². The minimum atomic E-state index is -1.17. The molecule has 2 bridgehead atoms. The van der Waals surface area contributed by atoms with E-state index in [0.29, 0.717) is 38.5 Å². The SMILES string of the molecule is O=C(COC1CCC(Cl)C(F)C1)N[C@@]12CC[C@@](NC(=O)COC3CCC(Cl)C(F)C3)(C[C@@H]1O)[C@@H](O)C2. The van der Waals surface area contributed by atoms with Gasteiger partial charge >= 0.3 is 0 Å². The number of nitrogens with one attached hydrogen (secondary N) is 2. The Morgan fingerprint density at radius 3 is 1.50 bits per heavy atom. The molecule has 5 fully saturated rings. The fraction of sp³-hybridized carbons (Fsp3) is 0.917. The fourth-order valence-electron chi connectivity index (χ4n) is 6.13. The first-order valence-electron chi connectivity index (χ1n) is 12.8. The molecule has 5 aliphatic carbocycles. The molecule has 0 saturated heterocycles. The van der Waals surface area contributed by atoms with Crippen molar-refractivity contribution in [1.82, 2.24) is 10.6 Å². The molecule has 12 heteroatoms. The third kappa shape index (κ3) is 6.26. The Kier molecular flexibility index (Phi) is 9.05. The molecule has 206 valence electrons. The highest BCUT2D eigenvalue weighted by Gasteiger charge is 2.60. The Hall–Kier alpha value is -0.780. The maximum Gasteiger partial charge on any atom is 0.246 e. The molecule has 0 aliphatic heterocycles. The average Bonchev–Trinajstić information content (AvgIpc) is 2.82. The van der Waals surface area contributed by atoms with E-state index in [1.165, 1.54) is 0 Å². The molecule has 0 aromatic carbocycles. The average molecular weight is 557 g/mol. The monoisotopic (exact) mass is 556 g/mol. The van der Waals surface area contributed by atoms with E-state index in [1.807, 2.05) is 0 Å². The first-order chi connectivity index (χ1) is 17.0. The predicted octanol–water partition coefficient (Wildman–Crippen LogP) is 2.03. The maximum atomic E-state index is 13.8. The van der Waals surface area contributed by atoms with Crippen LogP contribution in [0.15, 0.2) is 0 Å².